The number of hydrogen-bond donors (Lipinski definition) is 2. The van der Waals surface area contributed by atoms with Crippen LogP contribution in [0, 0.1) is 0 Å². The molecule has 1 saturated carbocycles. The molecule has 0 atom stereocenters. The third-order valence-corrected chi connectivity index (χ3v) is 5.74. The number of aromatic nitrogens is 2. The van der Waals surface area contributed by atoms with Crippen LogP contribution < -0.4 is 21.3 Å². The van der Waals surface area contributed by atoms with Crippen molar-refractivity contribution in [3.8, 4) is 5.75 Å². The van der Waals surface area contributed by atoms with Gasteiger partial charge in [0.1, 0.15) is 12.5 Å². The number of aromatic amines is 1. The molecule has 7 nitrogen and oxygen atoms in total. The molecule has 0 spiro atoms. The number of nitrogens with one attached hydrogen (secondary N) is 2. The fourth-order valence-electron chi connectivity index (χ4n) is 3.93. The van der Waals surface area contributed by atoms with Gasteiger partial charge in [0.25, 0.3) is 5.56 Å². The lowest BCUT2D eigenvalue weighted by atomic mass is 9.98. The van der Waals surface area contributed by atoms with Crippen molar-refractivity contribution >= 4 is 0 Å². The van der Waals surface area contributed by atoms with Gasteiger partial charge >= 0.3 is 5.69 Å². The number of ether oxygens (including phenoxy) is 2. The van der Waals surface area contributed by atoms with Crippen LogP contribution in [0.1, 0.15) is 57.9 Å². The van der Waals surface area contributed by atoms with Crippen molar-refractivity contribution < 1.29 is 9.47 Å². The van der Waals surface area contributed by atoms with Gasteiger partial charge in [0.2, 0.25) is 0 Å². The molecule has 3 rings (SSSR count). The second-order valence-electron chi connectivity index (χ2n) is 8.95. The quantitative estimate of drug-likeness (QED) is 0.506. The van der Waals surface area contributed by atoms with E-state index in [1.807, 2.05) is 0 Å². The van der Waals surface area contributed by atoms with E-state index in [1.165, 1.54) is 48.1 Å². The summed E-state index contributed by atoms with van der Waals surface area (Å²) in [6.45, 7) is 5.98. The fourth-order valence-corrected chi connectivity index (χ4v) is 3.93. The molecule has 2 aromatic rings. The summed E-state index contributed by atoms with van der Waals surface area (Å²) in [5.74, 6) is 0.988. The highest BCUT2D eigenvalue weighted by Crippen LogP contribution is 2.24. The molecule has 31 heavy (non-hydrogen) atoms. The molecule has 2 N–H and O–H groups in total. The van der Waals surface area contributed by atoms with Crippen molar-refractivity contribution in [3.05, 3.63) is 62.9 Å². The Labute approximate surface area is 183 Å². The van der Waals surface area contributed by atoms with Gasteiger partial charge in [-0.05, 0) is 83.0 Å². The Morgan fingerprint density at radius 2 is 2.00 bits per heavy atom. The maximum atomic E-state index is 11.6. The highest BCUT2D eigenvalue weighted by Gasteiger charge is 2.17. The molecular formula is C24H35N3O4. The molecule has 0 aliphatic heterocycles. The Bertz CT molecular complexity index is 929. The Balaban J connectivity index is 1.33. The van der Waals surface area contributed by atoms with Crippen molar-refractivity contribution in [1.82, 2.24) is 14.9 Å². The van der Waals surface area contributed by atoms with Crippen LogP contribution in [0.2, 0.25) is 0 Å². The number of benzene rings is 1. The molecule has 0 saturated heterocycles. The molecule has 0 amide bonds. The molecule has 1 fully saturated rings. The van der Waals surface area contributed by atoms with E-state index >= 15 is 0 Å². The third-order valence-electron chi connectivity index (χ3n) is 5.74. The number of hydrogen-bond acceptors (Lipinski definition) is 5. The minimum absolute atomic E-state index is 0.00383. The summed E-state index contributed by atoms with van der Waals surface area (Å²) in [6, 6.07) is 9.77. The number of rotatable bonds is 12. The average Bonchev–Trinajstić information content (AvgIpc) is 3.22. The Morgan fingerprint density at radius 3 is 2.77 bits per heavy atom. The number of nitrogens with zero attached hydrogens (tertiary/aromatic N) is 1. The minimum atomic E-state index is -0.452. The Morgan fingerprint density at radius 1 is 1.19 bits per heavy atom. The van der Waals surface area contributed by atoms with E-state index in [1.54, 1.807) is 0 Å². The summed E-state index contributed by atoms with van der Waals surface area (Å²) in [5.41, 5.74) is 0.429. The van der Waals surface area contributed by atoms with E-state index in [0.29, 0.717) is 12.7 Å². The van der Waals surface area contributed by atoms with E-state index < -0.39 is 11.2 Å². The van der Waals surface area contributed by atoms with E-state index in [-0.39, 0.29) is 12.3 Å². The lowest BCUT2D eigenvalue weighted by Gasteiger charge is -2.26. The summed E-state index contributed by atoms with van der Waals surface area (Å²) in [5, 5.41) is 3.63. The lowest BCUT2D eigenvalue weighted by molar-refractivity contribution is 0.0673. The van der Waals surface area contributed by atoms with Gasteiger partial charge in [-0.1, -0.05) is 12.1 Å². The number of H-pyrrole nitrogens is 1. The van der Waals surface area contributed by atoms with Gasteiger partial charge in [0.05, 0.1) is 6.10 Å². The zero-order valence-electron chi connectivity index (χ0n) is 18.7. The minimum Gasteiger partial charge on any atom is -0.490 e. The first-order valence-corrected chi connectivity index (χ1v) is 11.3. The van der Waals surface area contributed by atoms with Crippen LogP contribution in [0.15, 0.2) is 46.1 Å². The molecule has 1 aromatic heterocycles. The average molecular weight is 430 g/mol. The fraction of sp³-hybridized carbons (Fsp3) is 0.583. The Kier molecular flexibility index (Phi) is 8.49. The molecule has 0 unspecified atom stereocenters. The van der Waals surface area contributed by atoms with E-state index in [0.717, 1.165) is 31.6 Å². The van der Waals surface area contributed by atoms with Crippen molar-refractivity contribution in [2.24, 2.45) is 0 Å². The molecule has 7 heteroatoms. The molecule has 0 bridgehead atoms. The van der Waals surface area contributed by atoms with Crippen molar-refractivity contribution in [2.75, 3.05) is 13.2 Å². The zero-order valence-corrected chi connectivity index (χ0v) is 18.7. The molecule has 1 aliphatic carbocycles. The second-order valence-corrected chi connectivity index (χ2v) is 8.95. The maximum absolute atomic E-state index is 11.6. The third kappa shape index (κ3) is 7.99. The lowest BCUT2D eigenvalue weighted by Crippen LogP contribution is -2.40. The molecule has 1 aromatic carbocycles. The summed E-state index contributed by atoms with van der Waals surface area (Å²) in [4.78, 5) is 24.9. The van der Waals surface area contributed by atoms with Crippen LogP contribution in [-0.4, -0.2) is 34.3 Å². The summed E-state index contributed by atoms with van der Waals surface area (Å²) >= 11 is 0. The highest BCUT2D eigenvalue weighted by molar-refractivity contribution is 5.29. The predicted octanol–water partition coefficient (Wildman–Crippen LogP) is 3.22. The van der Waals surface area contributed by atoms with Gasteiger partial charge in [-0.2, -0.15) is 0 Å². The topological polar surface area (TPSA) is 85.4 Å². The van der Waals surface area contributed by atoms with Gasteiger partial charge < -0.3 is 14.8 Å². The van der Waals surface area contributed by atoms with Gasteiger partial charge in [-0.15, -0.1) is 0 Å². The second kappa shape index (κ2) is 11.3. The van der Waals surface area contributed by atoms with Crippen LogP contribution in [0.3, 0.4) is 0 Å². The summed E-state index contributed by atoms with van der Waals surface area (Å²) in [7, 11) is 0. The summed E-state index contributed by atoms with van der Waals surface area (Å²) in [6.07, 6.45) is 9.52. The molecule has 0 radical (unpaired) electrons. The van der Waals surface area contributed by atoms with Crippen LogP contribution in [0.4, 0.5) is 0 Å². The van der Waals surface area contributed by atoms with Crippen LogP contribution in [0.25, 0.3) is 0 Å². The smallest absolute Gasteiger partial charge is 0.330 e. The standard InChI is InChI=1S/C24H35N3O4/c1-24(2,13-6-16-30-18-27-15-12-22(28)26-23(27)29)25-14-11-19-7-5-10-21(17-19)31-20-8-3-4-9-20/h5,7,10,12,15,17,20,25H,3-4,6,8-9,11,13-14,16,18H2,1-2H3,(H,26,28,29). The molecule has 1 aliphatic rings. The van der Waals surface area contributed by atoms with Gasteiger partial charge in [-0.25, -0.2) is 4.79 Å². The van der Waals surface area contributed by atoms with E-state index in [9.17, 15) is 9.59 Å². The first-order chi connectivity index (χ1) is 14.9. The monoisotopic (exact) mass is 429 g/mol. The zero-order chi connectivity index (χ0) is 22.1. The highest BCUT2D eigenvalue weighted by atomic mass is 16.5. The first-order valence-electron chi connectivity index (χ1n) is 11.3. The Hall–Kier alpha value is -2.38. The SMILES string of the molecule is CC(C)(CCCOCn1ccc(=O)[nH]c1=O)NCCc1cccc(OC2CCCC2)c1. The van der Waals surface area contributed by atoms with Crippen LogP contribution >= 0.6 is 0 Å². The van der Waals surface area contributed by atoms with Crippen molar-refractivity contribution in [1.29, 1.82) is 0 Å². The molecular weight excluding hydrogens is 394 g/mol. The van der Waals surface area contributed by atoms with Crippen LogP contribution in [0.5, 0.6) is 5.75 Å². The van der Waals surface area contributed by atoms with E-state index in [4.69, 9.17) is 9.47 Å². The first kappa shape index (κ1) is 23.3. The van der Waals surface area contributed by atoms with Crippen molar-refractivity contribution in [2.45, 2.75) is 77.2 Å². The normalized spacial score (nSPS) is 14.8. The van der Waals surface area contributed by atoms with Gasteiger partial charge in [0.15, 0.2) is 0 Å². The largest absolute Gasteiger partial charge is 0.490 e. The molecule has 170 valence electrons. The van der Waals surface area contributed by atoms with E-state index in [2.05, 4.69) is 48.4 Å². The van der Waals surface area contributed by atoms with Crippen LogP contribution in [-0.2, 0) is 17.9 Å². The maximum Gasteiger partial charge on any atom is 0.330 e. The van der Waals surface area contributed by atoms with Crippen molar-refractivity contribution in [3.63, 3.8) is 0 Å². The molecule has 1 heterocycles. The predicted molar refractivity (Wildman–Crippen MR) is 122 cm³/mol. The van der Waals surface area contributed by atoms with Gasteiger partial charge in [0, 0.05) is 24.4 Å². The van der Waals surface area contributed by atoms with Gasteiger partial charge in [-0.3, -0.25) is 14.3 Å². The summed E-state index contributed by atoms with van der Waals surface area (Å²) < 4.78 is 13.0.